The Hall–Kier alpha value is -13.7. The smallest absolute Gasteiger partial charge is 0.266 e. The minimum atomic E-state index is -0.591. The average Bonchev–Trinajstić information content (AvgIpc) is 1.20. The van der Waals surface area contributed by atoms with Crippen LogP contribution in [0.3, 0.4) is 0 Å². The molecule has 0 aliphatic heterocycles. The molecule has 0 atom stereocenters. The quantitative estimate of drug-likeness (QED) is 0.0766. The molecule has 0 radical (unpaired) electrons. The van der Waals surface area contributed by atoms with E-state index in [9.17, 15) is 0 Å². The second-order valence-corrected chi connectivity index (χ2v) is 37.5. The summed E-state index contributed by atoms with van der Waals surface area (Å²) in [6, 6.07) is 55.5. The molecule has 0 aliphatic carbocycles. The van der Waals surface area contributed by atoms with Crippen molar-refractivity contribution in [1.82, 2.24) is 27.4 Å². The minimum Gasteiger partial charge on any atom is -0.309 e. The molecule has 0 saturated carbocycles. The Morgan fingerprint density at radius 3 is 0.590 bits per heavy atom. The molecule has 0 aliphatic rings. The van der Waals surface area contributed by atoms with Crippen molar-refractivity contribution in [3.63, 3.8) is 0 Å². The SMILES string of the molecule is CC(C)c1cccc(C(C)C)c1-n1c(=O)c2cc3c4c5c(=O)n(-c6c(C(C)C)cccc6C(C)C)c(=O)c6cc7c8c(c65)c5c6c(cc9c(=O)n(-c%10c(C(C)C)cccc%10C(C)C)c(=O)c%10cc(c8c6c9%10)n7-c6ccccc6)c6c7c(=O)n(-c8c(C(C)C)cccc8C(C)C)c(=O)c8cc9c%10c(c87)c(c3c3c2c(cc(c3%10)n9-c2ccccc2)c1=O)c6c45. The molecule has 0 unspecified atom stereocenters. The second kappa shape index (κ2) is 24.1. The van der Waals surface area contributed by atoms with Gasteiger partial charge in [0.15, 0.2) is 0 Å². The molecule has 18 aromatic carbocycles. The molecular weight excluding hydrogens is 1510 g/mol. The molecule has 14 nitrogen and oxygen atoms in total. The van der Waals surface area contributed by atoms with Crippen molar-refractivity contribution >= 4 is 184 Å². The maximum atomic E-state index is 18.3. The van der Waals surface area contributed by atoms with Crippen molar-refractivity contribution in [1.29, 1.82) is 0 Å². The van der Waals surface area contributed by atoms with Crippen LogP contribution in [0.1, 0.15) is 203 Å². The lowest BCUT2D eigenvalue weighted by atomic mass is 9.73. The first-order chi connectivity index (χ1) is 58.7. The largest absolute Gasteiger partial charge is 0.309 e. The number of rotatable bonds is 14. The molecule has 0 bridgehead atoms. The molecule has 14 heteroatoms. The van der Waals surface area contributed by atoms with Crippen molar-refractivity contribution in [2.45, 2.75) is 158 Å². The van der Waals surface area contributed by atoms with Crippen molar-refractivity contribution in [2.75, 3.05) is 0 Å². The van der Waals surface area contributed by atoms with Gasteiger partial charge in [0.2, 0.25) is 0 Å². The lowest BCUT2D eigenvalue weighted by Gasteiger charge is -2.29. The van der Waals surface area contributed by atoms with Crippen LogP contribution in [-0.2, 0) is 0 Å². The first kappa shape index (κ1) is 72.3. The Bertz CT molecular complexity index is 8630. The topological polar surface area (TPSA) is 166 Å². The van der Waals surface area contributed by atoms with Crippen LogP contribution in [0.4, 0.5) is 0 Å². The summed E-state index contributed by atoms with van der Waals surface area (Å²) in [5.74, 6) is -1.39. The first-order valence-corrected chi connectivity index (χ1v) is 43.2. The first-order valence-electron chi connectivity index (χ1n) is 43.2. The van der Waals surface area contributed by atoms with Crippen LogP contribution in [0.15, 0.2) is 208 Å². The highest BCUT2D eigenvalue weighted by molar-refractivity contribution is 6.63. The molecule has 122 heavy (non-hydrogen) atoms. The number of hydrogen-bond donors (Lipinski definition) is 0. The molecule has 0 saturated heterocycles. The molecule has 0 fully saturated rings. The summed E-state index contributed by atoms with van der Waals surface area (Å²) in [5.41, 5.74) is 7.84. The van der Waals surface area contributed by atoms with Gasteiger partial charge in [-0.05, 0) is 174 Å². The lowest BCUT2D eigenvalue weighted by molar-refractivity contribution is 0.792. The second-order valence-electron chi connectivity index (χ2n) is 37.5. The van der Waals surface area contributed by atoms with Gasteiger partial charge in [-0.2, -0.15) is 0 Å². The fourth-order valence-electron chi connectivity index (χ4n) is 23.4. The summed E-state index contributed by atoms with van der Waals surface area (Å²) in [5, 5.41) is 14.0. The van der Waals surface area contributed by atoms with Crippen molar-refractivity contribution < 1.29 is 0 Å². The van der Waals surface area contributed by atoms with E-state index >= 15 is 38.4 Å². The molecule has 6 aromatic heterocycles. The Morgan fingerprint density at radius 2 is 0.352 bits per heavy atom. The van der Waals surface area contributed by atoms with Crippen LogP contribution in [0.5, 0.6) is 0 Å². The Kier molecular flexibility index (Phi) is 14.3. The van der Waals surface area contributed by atoms with Crippen LogP contribution >= 0.6 is 0 Å². The van der Waals surface area contributed by atoms with E-state index in [0.29, 0.717) is 163 Å². The fraction of sp³-hybridized carbons (Fsp3) is 0.222. The van der Waals surface area contributed by atoms with Crippen molar-refractivity contribution in [3.05, 3.63) is 297 Å². The Morgan fingerprint density at radius 1 is 0.164 bits per heavy atom. The van der Waals surface area contributed by atoms with Gasteiger partial charge in [0, 0.05) is 119 Å². The highest BCUT2D eigenvalue weighted by atomic mass is 16.2. The van der Waals surface area contributed by atoms with Gasteiger partial charge in [0.25, 0.3) is 44.5 Å². The number of fused-ring (bicyclic) bond motifs is 4. The van der Waals surface area contributed by atoms with Gasteiger partial charge in [-0.15, -0.1) is 0 Å². The highest BCUT2D eigenvalue weighted by Crippen LogP contribution is 2.63. The van der Waals surface area contributed by atoms with Crippen LogP contribution < -0.4 is 44.5 Å². The Balaban J connectivity index is 1.10. The van der Waals surface area contributed by atoms with Crippen LogP contribution in [0, 0.1) is 0 Å². The van der Waals surface area contributed by atoms with Crippen LogP contribution in [-0.4, -0.2) is 27.4 Å². The average molecular weight is 1590 g/mol. The zero-order valence-corrected chi connectivity index (χ0v) is 70.7. The monoisotopic (exact) mass is 1590 g/mol. The number of para-hydroxylation sites is 6. The number of aromatic nitrogens is 6. The molecule has 6 heterocycles. The number of pyridine rings is 4. The summed E-state index contributed by atoms with van der Waals surface area (Å²) >= 11 is 0. The third kappa shape index (κ3) is 8.41. The summed E-state index contributed by atoms with van der Waals surface area (Å²) < 4.78 is 9.95. The Labute approximate surface area is 696 Å². The minimum absolute atomic E-state index is 0.149. The van der Waals surface area contributed by atoms with Crippen LogP contribution in [0.2, 0.25) is 0 Å². The summed E-state index contributed by atoms with van der Waals surface area (Å²) in [6.45, 7) is 33.2. The van der Waals surface area contributed by atoms with Gasteiger partial charge >= 0.3 is 0 Å². The number of nitrogens with zero attached hydrogens (tertiary/aromatic N) is 6. The van der Waals surface area contributed by atoms with E-state index in [-0.39, 0.29) is 90.4 Å². The summed E-state index contributed by atoms with van der Waals surface area (Å²) in [7, 11) is 0. The van der Waals surface area contributed by atoms with E-state index in [1.807, 2.05) is 170 Å². The standard InChI is InChI=1S/C108H84N6O8/c1-45(2)55-31-23-32-56(46(3)4)97(55)111-101(115)65-39-63-77-87-75(65)67(103(111)117)41-71-83(87)85-73(109(71)53-27-19-17-20-28-53)43-69-82-89(85)91(77)94-80(96(82)108(122)114(105(69)119)100-61(51(13)14)37-26-38-62(100)52(15)16)64-40-66-76-68(104(118)112(102(66)116)98-57(47(5)6)33-24-34-58(98)48(7)8)42-72-84-86-74(110(72)54-29-21-18-22-30-54)44-70-81-90(86)92(78(64)88(76)84)93(94)79(63)95(81)107(121)113(106(70)120)99-59(49(9)10)35-25-36-60(99)50(11)12/h17-52H,1-16H3. The zero-order chi connectivity index (χ0) is 84.2. The van der Waals surface area contributed by atoms with E-state index in [1.54, 1.807) is 0 Å². The molecule has 594 valence electrons. The van der Waals surface area contributed by atoms with Crippen molar-refractivity contribution in [2.24, 2.45) is 0 Å². The maximum absolute atomic E-state index is 18.3. The number of benzene rings is 18. The zero-order valence-electron chi connectivity index (χ0n) is 70.7. The van der Waals surface area contributed by atoms with E-state index in [1.165, 1.54) is 18.3 Å². The molecule has 0 spiro atoms. The molecule has 0 N–H and O–H groups in total. The highest BCUT2D eigenvalue weighted by Gasteiger charge is 2.41. The van der Waals surface area contributed by atoms with E-state index in [4.69, 9.17) is 0 Å². The third-order valence-corrected chi connectivity index (χ3v) is 28.4. The number of hydrogen-bond acceptors (Lipinski definition) is 8. The molecule has 0 amide bonds. The molecule has 24 aromatic rings. The van der Waals surface area contributed by atoms with E-state index in [0.717, 1.165) is 55.9 Å². The van der Waals surface area contributed by atoms with Gasteiger partial charge in [-0.1, -0.05) is 220 Å². The van der Waals surface area contributed by atoms with Gasteiger partial charge < -0.3 is 9.13 Å². The van der Waals surface area contributed by atoms with E-state index in [2.05, 4.69) is 120 Å². The molecular formula is C108H84N6O8. The third-order valence-electron chi connectivity index (χ3n) is 28.4. The van der Waals surface area contributed by atoms with Crippen LogP contribution in [0.25, 0.3) is 218 Å². The normalized spacial score (nSPS) is 13.3. The maximum Gasteiger partial charge on any atom is 0.266 e. The summed E-state index contributed by atoms with van der Waals surface area (Å²) in [4.78, 5) is 141. The van der Waals surface area contributed by atoms with Crippen molar-refractivity contribution in [3.8, 4) is 34.1 Å². The van der Waals surface area contributed by atoms with Gasteiger partial charge in [-0.25, -0.2) is 18.3 Å². The van der Waals surface area contributed by atoms with Gasteiger partial charge in [0.05, 0.1) is 77.1 Å². The van der Waals surface area contributed by atoms with Gasteiger partial charge in [-0.3, -0.25) is 38.4 Å². The van der Waals surface area contributed by atoms with E-state index < -0.39 is 44.5 Å². The van der Waals surface area contributed by atoms with Gasteiger partial charge in [0.1, 0.15) is 0 Å². The molecule has 24 rings (SSSR count). The predicted octanol–water partition coefficient (Wildman–Crippen LogP) is 23.7. The fourth-order valence-corrected chi connectivity index (χ4v) is 23.4. The predicted molar refractivity (Wildman–Crippen MR) is 506 cm³/mol. The summed E-state index contributed by atoms with van der Waals surface area (Å²) in [6.07, 6.45) is 0. The lowest BCUT2D eigenvalue weighted by Crippen LogP contribution is -2.34.